The smallest absolute Gasteiger partial charge is 0.332 e. The third-order valence-electron chi connectivity index (χ3n) is 4.55. The summed E-state index contributed by atoms with van der Waals surface area (Å²) in [6.07, 6.45) is 0.278. The standard InChI is InChI=1S/C21H25O5P/c1-3-15(2)26-27(23,24)14-18-9-6-8-17-13-16-7-4-5-10-19(16)21(20(17)18)25-12-11-22/h4-10,13,15,22H,3,11-12,14H2,1-2H3,(H,23,24). The molecule has 0 saturated carbocycles. The Hall–Kier alpha value is -1.91. The summed E-state index contributed by atoms with van der Waals surface area (Å²) in [5.41, 5.74) is 0.695. The molecule has 3 aromatic carbocycles. The van der Waals surface area contributed by atoms with Gasteiger partial charge >= 0.3 is 7.60 Å². The normalized spacial score (nSPS) is 15.0. The molecule has 5 nitrogen and oxygen atoms in total. The Morgan fingerprint density at radius 1 is 1.11 bits per heavy atom. The average molecular weight is 388 g/mol. The van der Waals surface area contributed by atoms with Gasteiger partial charge in [0.2, 0.25) is 0 Å². The van der Waals surface area contributed by atoms with E-state index in [1.165, 1.54) is 0 Å². The first-order valence-corrected chi connectivity index (χ1v) is 10.9. The zero-order valence-electron chi connectivity index (χ0n) is 15.6. The Kier molecular flexibility index (Phi) is 6.18. The van der Waals surface area contributed by atoms with Crippen LogP contribution in [0.5, 0.6) is 5.75 Å². The van der Waals surface area contributed by atoms with Gasteiger partial charge in [0.1, 0.15) is 12.4 Å². The lowest BCUT2D eigenvalue weighted by Gasteiger charge is -2.19. The van der Waals surface area contributed by atoms with Gasteiger partial charge in [0.25, 0.3) is 0 Å². The van der Waals surface area contributed by atoms with Crippen molar-refractivity contribution < 1.29 is 23.8 Å². The monoisotopic (exact) mass is 388 g/mol. The van der Waals surface area contributed by atoms with Gasteiger partial charge < -0.3 is 19.3 Å². The van der Waals surface area contributed by atoms with Gasteiger partial charge in [-0.05, 0) is 35.7 Å². The minimum absolute atomic E-state index is 0.0947. The molecule has 0 fully saturated rings. The van der Waals surface area contributed by atoms with E-state index in [4.69, 9.17) is 9.26 Å². The van der Waals surface area contributed by atoms with Crippen LogP contribution < -0.4 is 4.74 Å². The van der Waals surface area contributed by atoms with E-state index in [1.54, 1.807) is 6.92 Å². The van der Waals surface area contributed by atoms with Crippen LogP contribution >= 0.6 is 7.60 Å². The fourth-order valence-corrected chi connectivity index (χ4v) is 4.67. The molecule has 0 radical (unpaired) electrons. The van der Waals surface area contributed by atoms with Gasteiger partial charge in [-0.1, -0.05) is 49.4 Å². The van der Waals surface area contributed by atoms with Crippen LogP contribution in [0.3, 0.4) is 0 Å². The van der Waals surface area contributed by atoms with Crippen LogP contribution in [-0.4, -0.2) is 29.3 Å². The van der Waals surface area contributed by atoms with Crippen molar-refractivity contribution in [1.29, 1.82) is 0 Å². The molecular formula is C21H25O5P. The third kappa shape index (κ3) is 4.50. The number of ether oxygens (including phenoxy) is 1. The number of aliphatic hydroxyl groups is 1. The highest BCUT2D eigenvalue weighted by Gasteiger charge is 2.25. The Balaban J connectivity index is 2.16. The summed E-state index contributed by atoms with van der Waals surface area (Å²) in [4.78, 5) is 10.4. The SMILES string of the molecule is CCC(C)OP(=O)(O)Cc1cccc2cc3ccccc3c(OCCO)c12. The van der Waals surface area contributed by atoms with Gasteiger partial charge in [0.15, 0.2) is 0 Å². The quantitative estimate of drug-likeness (QED) is 0.426. The molecule has 0 amide bonds. The van der Waals surface area contributed by atoms with Gasteiger partial charge in [0.05, 0.1) is 18.9 Å². The number of hydrogen-bond acceptors (Lipinski definition) is 4. The summed E-state index contributed by atoms with van der Waals surface area (Å²) in [5.74, 6) is 0.622. The van der Waals surface area contributed by atoms with Gasteiger partial charge in [-0.3, -0.25) is 4.57 Å². The summed E-state index contributed by atoms with van der Waals surface area (Å²) in [6, 6.07) is 15.5. The lowest BCUT2D eigenvalue weighted by molar-refractivity contribution is 0.185. The molecule has 27 heavy (non-hydrogen) atoms. The zero-order valence-corrected chi connectivity index (χ0v) is 16.5. The predicted molar refractivity (Wildman–Crippen MR) is 108 cm³/mol. The van der Waals surface area contributed by atoms with E-state index in [2.05, 4.69) is 0 Å². The fraction of sp³-hybridized carbons (Fsp3) is 0.333. The second-order valence-corrected chi connectivity index (χ2v) is 8.44. The van der Waals surface area contributed by atoms with E-state index in [-0.39, 0.29) is 25.5 Å². The molecule has 0 heterocycles. The van der Waals surface area contributed by atoms with Gasteiger partial charge in [-0.15, -0.1) is 0 Å². The first-order chi connectivity index (χ1) is 12.9. The summed E-state index contributed by atoms with van der Waals surface area (Å²) in [6.45, 7) is 3.74. The molecule has 2 unspecified atom stereocenters. The molecule has 2 N–H and O–H groups in total. The number of rotatable bonds is 8. The molecule has 0 spiro atoms. The predicted octanol–water partition coefficient (Wildman–Crippen LogP) is 4.86. The molecule has 0 aliphatic heterocycles. The third-order valence-corrected chi connectivity index (χ3v) is 5.98. The van der Waals surface area contributed by atoms with E-state index < -0.39 is 7.60 Å². The Morgan fingerprint density at radius 2 is 1.85 bits per heavy atom. The van der Waals surface area contributed by atoms with Crippen molar-refractivity contribution in [2.24, 2.45) is 0 Å². The summed E-state index contributed by atoms with van der Waals surface area (Å²) in [7, 11) is -3.80. The van der Waals surface area contributed by atoms with Crippen LogP contribution in [-0.2, 0) is 15.3 Å². The van der Waals surface area contributed by atoms with Crippen molar-refractivity contribution in [2.75, 3.05) is 13.2 Å². The van der Waals surface area contributed by atoms with Crippen molar-refractivity contribution in [3.05, 3.63) is 54.1 Å². The molecule has 144 valence electrons. The molecule has 3 aromatic rings. The average Bonchev–Trinajstić information content (AvgIpc) is 2.64. The first kappa shape index (κ1) is 19.8. The van der Waals surface area contributed by atoms with Crippen LogP contribution in [0.25, 0.3) is 21.5 Å². The molecule has 0 bridgehead atoms. The number of aliphatic hydroxyl groups excluding tert-OH is 1. The highest BCUT2D eigenvalue weighted by molar-refractivity contribution is 7.52. The Bertz CT molecular complexity index is 985. The van der Waals surface area contributed by atoms with Crippen LogP contribution in [0, 0.1) is 0 Å². The fourth-order valence-electron chi connectivity index (χ4n) is 3.19. The molecule has 0 aliphatic rings. The van der Waals surface area contributed by atoms with Crippen LogP contribution in [0.4, 0.5) is 0 Å². The minimum Gasteiger partial charge on any atom is -0.490 e. The second kappa shape index (κ2) is 8.41. The number of hydrogen-bond donors (Lipinski definition) is 2. The van der Waals surface area contributed by atoms with E-state index in [0.29, 0.717) is 17.7 Å². The second-order valence-electron chi connectivity index (χ2n) is 6.63. The van der Waals surface area contributed by atoms with E-state index in [0.717, 1.165) is 21.5 Å². The van der Waals surface area contributed by atoms with E-state index in [1.807, 2.05) is 55.5 Å². The highest BCUT2D eigenvalue weighted by Crippen LogP contribution is 2.49. The molecule has 6 heteroatoms. The molecule has 2 atom stereocenters. The number of benzene rings is 3. The summed E-state index contributed by atoms with van der Waals surface area (Å²) in [5, 5.41) is 12.8. The van der Waals surface area contributed by atoms with Crippen molar-refractivity contribution in [3.8, 4) is 5.75 Å². The molecule has 0 aliphatic carbocycles. The Morgan fingerprint density at radius 3 is 2.59 bits per heavy atom. The maximum atomic E-state index is 12.6. The largest absolute Gasteiger partial charge is 0.490 e. The van der Waals surface area contributed by atoms with Gasteiger partial charge in [-0.2, -0.15) is 0 Å². The van der Waals surface area contributed by atoms with Gasteiger partial charge in [0, 0.05) is 10.8 Å². The Labute approximate surface area is 159 Å². The van der Waals surface area contributed by atoms with Crippen LogP contribution in [0.1, 0.15) is 25.8 Å². The van der Waals surface area contributed by atoms with Gasteiger partial charge in [-0.25, -0.2) is 0 Å². The van der Waals surface area contributed by atoms with Crippen molar-refractivity contribution in [1.82, 2.24) is 0 Å². The lowest BCUT2D eigenvalue weighted by atomic mass is 9.99. The molecule has 0 aromatic heterocycles. The maximum absolute atomic E-state index is 12.6. The van der Waals surface area contributed by atoms with Crippen molar-refractivity contribution >= 4 is 29.1 Å². The zero-order chi connectivity index (χ0) is 19.4. The minimum atomic E-state index is -3.80. The van der Waals surface area contributed by atoms with E-state index in [9.17, 15) is 14.6 Å². The number of fused-ring (bicyclic) bond motifs is 2. The maximum Gasteiger partial charge on any atom is 0.332 e. The lowest BCUT2D eigenvalue weighted by Crippen LogP contribution is -2.06. The first-order valence-electron chi connectivity index (χ1n) is 9.12. The highest BCUT2D eigenvalue weighted by atomic mass is 31.2. The van der Waals surface area contributed by atoms with E-state index >= 15 is 0 Å². The van der Waals surface area contributed by atoms with Crippen LogP contribution in [0.15, 0.2) is 48.5 Å². The topological polar surface area (TPSA) is 76.0 Å². The molecule has 3 rings (SSSR count). The summed E-state index contributed by atoms with van der Waals surface area (Å²) < 4.78 is 23.9. The molecular weight excluding hydrogens is 363 g/mol. The summed E-state index contributed by atoms with van der Waals surface area (Å²) >= 11 is 0. The molecule has 0 saturated heterocycles. The van der Waals surface area contributed by atoms with Crippen molar-refractivity contribution in [2.45, 2.75) is 32.5 Å². The van der Waals surface area contributed by atoms with Crippen molar-refractivity contribution in [3.63, 3.8) is 0 Å². The van der Waals surface area contributed by atoms with Crippen LogP contribution in [0.2, 0.25) is 0 Å².